The number of aromatic nitrogens is 1. The SMILES string of the molecule is CC(C)CC1CN(C(C)C)CC1NC(=O)c1cc(C2CC2)on1. The van der Waals surface area contributed by atoms with Crippen LogP contribution in [0.25, 0.3) is 0 Å². The van der Waals surface area contributed by atoms with Crippen LogP contribution in [0.15, 0.2) is 10.6 Å². The summed E-state index contributed by atoms with van der Waals surface area (Å²) >= 11 is 0. The van der Waals surface area contributed by atoms with Crippen molar-refractivity contribution in [3.63, 3.8) is 0 Å². The van der Waals surface area contributed by atoms with Gasteiger partial charge < -0.3 is 9.84 Å². The third-order valence-electron chi connectivity index (χ3n) is 5.03. The molecule has 1 N–H and O–H groups in total. The van der Waals surface area contributed by atoms with Crippen LogP contribution in [0.3, 0.4) is 0 Å². The molecule has 0 spiro atoms. The normalized spacial score (nSPS) is 25.5. The lowest BCUT2D eigenvalue weighted by Crippen LogP contribution is -2.41. The van der Waals surface area contributed by atoms with Gasteiger partial charge in [-0.25, -0.2) is 0 Å². The molecule has 1 aliphatic carbocycles. The molecular formula is C18H29N3O2. The van der Waals surface area contributed by atoms with Crippen molar-refractivity contribution in [2.24, 2.45) is 11.8 Å². The molecule has 2 atom stereocenters. The molecule has 5 nitrogen and oxygen atoms in total. The van der Waals surface area contributed by atoms with Crippen LogP contribution in [-0.2, 0) is 0 Å². The maximum atomic E-state index is 12.5. The van der Waals surface area contributed by atoms with Crippen molar-refractivity contribution in [2.45, 2.75) is 65.0 Å². The van der Waals surface area contributed by atoms with Gasteiger partial charge in [0.15, 0.2) is 5.69 Å². The molecule has 0 bridgehead atoms. The summed E-state index contributed by atoms with van der Waals surface area (Å²) in [6.45, 7) is 10.9. The van der Waals surface area contributed by atoms with Crippen molar-refractivity contribution in [3.05, 3.63) is 17.5 Å². The zero-order valence-corrected chi connectivity index (χ0v) is 14.7. The summed E-state index contributed by atoms with van der Waals surface area (Å²) in [5.74, 6) is 2.41. The lowest BCUT2D eigenvalue weighted by Gasteiger charge is -2.20. The standard InChI is InChI=1S/C18H29N3O2/c1-11(2)7-14-9-21(12(3)4)10-16(14)19-18(22)15-8-17(23-20-15)13-5-6-13/h8,11-14,16H,5-7,9-10H2,1-4H3,(H,19,22). The molecule has 5 heteroatoms. The third kappa shape index (κ3) is 3.94. The lowest BCUT2D eigenvalue weighted by atomic mass is 9.93. The number of hydrogen-bond donors (Lipinski definition) is 1. The van der Waals surface area contributed by atoms with Gasteiger partial charge in [0.2, 0.25) is 0 Å². The van der Waals surface area contributed by atoms with Crippen molar-refractivity contribution in [3.8, 4) is 0 Å². The molecule has 1 aliphatic heterocycles. The second kappa shape index (κ2) is 6.63. The molecule has 0 aromatic carbocycles. The molecule has 2 unspecified atom stereocenters. The topological polar surface area (TPSA) is 58.4 Å². The van der Waals surface area contributed by atoms with E-state index < -0.39 is 0 Å². The minimum atomic E-state index is -0.0926. The number of rotatable bonds is 6. The van der Waals surface area contributed by atoms with Crippen molar-refractivity contribution < 1.29 is 9.32 Å². The van der Waals surface area contributed by atoms with E-state index in [0.29, 0.717) is 29.5 Å². The van der Waals surface area contributed by atoms with Gasteiger partial charge in [-0.3, -0.25) is 9.69 Å². The fourth-order valence-electron chi connectivity index (χ4n) is 3.53. The zero-order valence-electron chi connectivity index (χ0n) is 14.7. The van der Waals surface area contributed by atoms with Gasteiger partial charge >= 0.3 is 0 Å². The minimum absolute atomic E-state index is 0.0926. The van der Waals surface area contributed by atoms with Crippen LogP contribution >= 0.6 is 0 Å². The Labute approximate surface area is 138 Å². The van der Waals surface area contributed by atoms with Crippen LogP contribution in [0, 0.1) is 11.8 Å². The van der Waals surface area contributed by atoms with Crippen molar-refractivity contribution in [2.75, 3.05) is 13.1 Å². The van der Waals surface area contributed by atoms with E-state index in [1.807, 2.05) is 6.07 Å². The molecule has 23 heavy (non-hydrogen) atoms. The lowest BCUT2D eigenvalue weighted by molar-refractivity contribution is 0.0918. The van der Waals surface area contributed by atoms with Crippen LogP contribution in [0.5, 0.6) is 0 Å². The third-order valence-corrected chi connectivity index (χ3v) is 5.03. The Balaban J connectivity index is 1.64. The maximum absolute atomic E-state index is 12.5. The highest BCUT2D eigenvalue weighted by Gasteiger charge is 2.36. The second-order valence-corrected chi connectivity index (χ2v) is 7.91. The molecule has 2 aliphatic rings. The summed E-state index contributed by atoms with van der Waals surface area (Å²) in [6, 6.07) is 2.54. The van der Waals surface area contributed by atoms with Crippen LogP contribution in [0.2, 0.25) is 0 Å². The van der Waals surface area contributed by atoms with Gasteiger partial charge in [0, 0.05) is 37.2 Å². The van der Waals surface area contributed by atoms with Gasteiger partial charge in [-0.1, -0.05) is 19.0 Å². The molecule has 128 valence electrons. The first-order valence-electron chi connectivity index (χ1n) is 8.95. The maximum Gasteiger partial charge on any atom is 0.273 e. The fourth-order valence-corrected chi connectivity index (χ4v) is 3.53. The van der Waals surface area contributed by atoms with Crippen molar-refractivity contribution in [1.29, 1.82) is 0 Å². The molecular weight excluding hydrogens is 290 g/mol. The average Bonchev–Trinajstić information content (AvgIpc) is 3.07. The summed E-state index contributed by atoms with van der Waals surface area (Å²) in [6.07, 6.45) is 3.44. The highest BCUT2D eigenvalue weighted by Crippen LogP contribution is 2.40. The van der Waals surface area contributed by atoms with E-state index in [4.69, 9.17) is 4.52 Å². The van der Waals surface area contributed by atoms with Gasteiger partial charge in [0.05, 0.1) is 0 Å². The number of carbonyl (C=O) groups excluding carboxylic acids is 1. The number of carbonyl (C=O) groups is 1. The molecule has 2 fully saturated rings. The molecule has 1 amide bonds. The highest BCUT2D eigenvalue weighted by atomic mass is 16.5. The van der Waals surface area contributed by atoms with E-state index in [1.165, 1.54) is 0 Å². The smallest absolute Gasteiger partial charge is 0.273 e. The van der Waals surface area contributed by atoms with Gasteiger partial charge in [-0.2, -0.15) is 0 Å². The van der Waals surface area contributed by atoms with Gasteiger partial charge in [0.25, 0.3) is 5.91 Å². The van der Waals surface area contributed by atoms with E-state index in [0.717, 1.165) is 38.1 Å². The summed E-state index contributed by atoms with van der Waals surface area (Å²) in [4.78, 5) is 15.0. The number of amides is 1. The van der Waals surface area contributed by atoms with Crippen LogP contribution in [-0.4, -0.2) is 41.1 Å². The van der Waals surface area contributed by atoms with E-state index >= 15 is 0 Å². The van der Waals surface area contributed by atoms with Crippen LogP contribution in [0.4, 0.5) is 0 Å². The Bertz CT molecular complexity index is 548. The second-order valence-electron chi connectivity index (χ2n) is 7.91. The van der Waals surface area contributed by atoms with Crippen LogP contribution in [0.1, 0.15) is 69.1 Å². The Hall–Kier alpha value is -1.36. The van der Waals surface area contributed by atoms with Gasteiger partial charge in [-0.15, -0.1) is 0 Å². The zero-order chi connectivity index (χ0) is 16.6. The Kier molecular flexibility index (Phi) is 4.76. The molecule has 1 aromatic rings. The quantitative estimate of drug-likeness (QED) is 0.875. The Morgan fingerprint density at radius 1 is 1.35 bits per heavy atom. The molecule has 0 radical (unpaired) electrons. The number of likely N-dealkylation sites (tertiary alicyclic amines) is 1. The Morgan fingerprint density at radius 2 is 2.09 bits per heavy atom. The minimum Gasteiger partial charge on any atom is -0.360 e. The average molecular weight is 319 g/mol. The van der Waals surface area contributed by atoms with Gasteiger partial charge in [0.1, 0.15) is 5.76 Å². The van der Waals surface area contributed by atoms with E-state index in [1.54, 1.807) is 0 Å². The van der Waals surface area contributed by atoms with E-state index in [9.17, 15) is 4.79 Å². The number of hydrogen-bond acceptors (Lipinski definition) is 4. The molecule has 1 saturated carbocycles. The summed E-state index contributed by atoms with van der Waals surface area (Å²) in [5.41, 5.74) is 0.429. The predicted octanol–water partition coefficient (Wildman–Crippen LogP) is 3.04. The fraction of sp³-hybridized carbons (Fsp3) is 0.778. The number of nitrogens with one attached hydrogen (secondary N) is 1. The first-order chi connectivity index (χ1) is 10.9. The molecule has 2 heterocycles. The molecule has 1 saturated heterocycles. The van der Waals surface area contributed by atoms with Gasteiger partial charge in [-0.05, 0) is 44.9 Å². The monoisotopic (exact) mass is 319 g/mol. The first kappa shape index (κ1) is 16.5. The summed E-state index contributed by atoms with van der Waals surface area (Å²) in [5, 5.41) is 7.16. The Morgan fingerprint density at radius 3 is 2.70 bits per heavy atom. The summed E-state index contributed by atoms with van der Waals surface area (Å²) in [7, 11) is 0. The molecule has 1 aromatic heterocycles. The summed E-state index contributed by atoms with van der Waals surface area (Å²) < 4.78 is 5.30. The van der Waals surface area contributed by atoms with E-state index in [2.05, 4.69) is 43.1 Å². The largest absolute Gasteiger partial charge is 0.360 e. The molecule has 3 rings (SSSR count). The number of nitrogens with zero attached hydrogens (tertiary/aromatic N) is 2. The predicted molar refractivity (Wildman–Crippen MR) is 89.4 cm³/mol. The van der Waals surface area contributed by atoms with Crippen molar-refractivity contribution >= 4 is 5.91 Å². The van der Waals surface area contributed by atoms with Crippen molar-refractivity contribution in [1.82, 2.24) is 15.4 Å². The van der Waals surface area contributed by atoms with Crippen LogP contribution < -0.4 is 5.32 Å². The first-order valence-corrected chi connectivity index (χ1v) is 8.95. The highest BCUT2D eigenvalue weighted by molar-refractivity contribution is 5.92. The van der Waals surface area contributed by atoms with E-state index in [-0.39, 0.29) is 11.9 Å².